The van der Waals surface area contributed by atoms with Crippen LogP contribution in [0.5, 0.6) is 5.75 Å². The lowest BCUT2D eigenvalue weighted by Gasteiger charge is -2.12. The fourth-order valence-corrected chi connectivity index (χ4v) is 2.48. The molecule has 6 nitrogen and oxygen atoms in total. The Kier molecular flexibility index (Phi) is 5.02. The van der Waals surface area contributed by atoms with E-state index in [1.807, 2.05) is 6.07 Å². The van der Waals surface area contributed by atoms with E-state index in [1.165, 1.54) is 12.1 Å². The van der Waals surface area contributed by atoms with E-state index >= 15 is 0 Å². The highest BCUT2D eigenvalue weighted by atomic mass is 19.1. The van der Waals surface area contributed by atoms with Crippen LogP contribution in [0.2, 0.25) is 0 Å². The number of nitrogens with zero attached hydrogens (tertiary/aromatic N) is 1. The van der Waals surface area contributed by atoms with Crippen LogP contribution < -0.4 is 15.4 Å². The van der Waals surface area contributed by atoms with E-state index in [4.69, 9.17) is 4.74 Å². The molecule has 1 aromatic heterocycles. The number of rotatable bonds is 5. The molecule has 0 radical (unpaired) electrons. The summed E-state index contributed by atoms with van der Waals surface area (Å²) in [6, 6.07) is 9.18. The molecule has 3 N–H and O–H groups in total. The summed E-state index contributed by atoms with van der Waals surface area (Å²) in [7, 11) is 0. The fourth-order valence-electron chi connectivity index (χ4n) is 2.48. The van der Waals surface area contributed by atoms with Crippen molar-refractivity contribution >= 4 is 11.6 Å². The van der Waals surface area contributed by atoms with Crippen molar-refractivity contribution < 1.29 is 19.0 Å². The lowest BCUT2D eigenvalue weighted by molar-refractivity contribution is -0.117. The second-order valence-corrected chi connectivity index (χ2v) is 5.59. The maximum absolute atomic E-state index is 14.1. The van der Waals surface area contributed by atoms with E-state index in [0.29, 0.717) is 24.3 Å². The smallest absolute Gasteiger partial charge is 0.241 e. The van der Waals surface area contributed by atoms with Gasteiger partial charge in [-0.1, -0.05) is 6.07 Å². The summed E-state index contributed by atoms with van der Waals surface area (Å²) in [5.41, 5.74) is 1.03. The summed E-state index contributed by atoms with van der Waals surface area (Å²) >= 11 is 0. The monoisotopic (exact) mass is 331 g/mol. The van der Waals surface area contributed by atoms with Crippen LogP contribution in [0.1, 0.15) is 12.1 Å². The largest absolute Gasteiger partial charge is 0.484 e. The minimum Gasteiger partial charge on any atom is -0.484 e. The van der Waals surface area contributed by atoms with Gasteiger partial charge in [-0.3, -0.25) is 9.78 Å². The number of nitrogens with one attached hydrogen (secondary N) is 2. The molecule has 0 saturated carbocycles. The number of anilines is 1. The first-order chi connectivity index (χ1) is 11.6. The predicted octanol–water partition coefficient (Wildman–Crippen LogP) is 1.46. The van der Waals surface area contributed by atoms with Crippen molar-refractivity contribution in [1.82, 2.24) is 10.3 Å². The van der Waals surface area contributed by atoms with E-state index in [2.05, 4.69) is 15.6 Å². The molecule has 24 heavy (non-hydrogen) atoms. The average Bonchev–Trinajstić information content (AvgIpc) is 3.02. The number of aliphatic hydroxyl groups excluding tert-OH is 1. The predicted molar refractivity (Wildman–Crippen MR) is 86.0 cm³/mol. The maximum atomic E-state index is 14.1. The third-order valence-corrected chi connectivity index (χ3v) is 3.73. The molecule has 7 heteroatoms. The molecule has 3 rings (SSSR count). The molecule has 2 heterocycles. The van der Waals surface area contributed by atoms with Gasteiger partial charge in [0.1, 0.15) is 6.61 Å². The number of aromatic nitrogens is 1. The molecule has 1 aliphatic rings. The van der Waals surface area contributed by atoms with Gasteiger partial charge in [-0.15, -0.1) is 0 Å². The number of β-amino-alcohol motifs (C(OH)–C–C–N with tert-alkyl or cyclic N) is 1. The van der Waals surface area contributed by atoms with Crippen LogP contribution in [0.4, 0.5) is 10.1 Å². The molecule has 0 bridgehead atoms. The fraction of sp³-hybridized carbons (Fsp3) is 0.294. The Morgan fingerprint density at radius 3 is 2.96 bits per heavy atom. The van der Waals surface area contributed by atoms with Crippen molar-refractivity contribution in [2.75, 3.05) is 11.9 Å². The van der Waals surface area contributed by atoms with Crippen molar-refractivity contribution in [3.05, 3.63) is 54.1 Å². The molecule has 2 aromatic rings. The zero-order valence-corrected chi connectivity index (χ0v) is 12.9. The van der Waals surface area contributed by atoms with E-state index in [0.717, 1.165) is 0 Å². The number of amides is 1. The quantitative estimate of drug-likeness (QED) is 0.773. The highest BCUT2D eigenvalue weighted by Gasteiger charge is 2.28. The number of carbonyl (C=O) groups excluding carboxylic acids is 1. The molecule has 1 amide bonds. The Morgan fingerprint density at radius 1 is 1.42 bits per heavy atom. The number of hydrogen-bond acceptors (Lipinski definition) is 5. The molecule has 126 valence electrons. The van der Waals surface area contributed by atoms with Gasteiger partial charge < -0.3 is 20.5 Å². The zero-order chi connectivity index (χ0) is 16.9. The number of benzene rings is 1. The van der Waals surface area contributed by atoms with Gasteiger partial charge in [0, 0.05) is 24.5 Å². The highest BCUT2D eigenvalue weighted by Crippen LogP contribution is 2.22. The van der Waals surface area contributed by atoms with E-state index in [1.54, 1.807) is 24.4 Å². The minimum absolute atomic E-state index is 0.0908. The molecule has 2 atom stereocenters. The molecular formula is C17H18FN3O3. The van der Waals surface area contributed by atoms with Crippen molar-refractivity contribution in [3.63, 3.8) is 0 Å². The standard InChI is InChI=1S/C17H18FN3O3/c18-14-7-11(21-17(23)15-8-13(22)9-20-15)4-5-16(14)24-10-12-3-1-2-6-19-12/h1-7,13,15,20,22H,8-10H2,(H,21,23). The Bertz CT molecular complexity index is 711. The van der Waals surface area contributed by atoms with E-state index in [-0.39, 0.29) is 18.3 Å². The lowest BCUT2D eigenvalue weighted by Crippen LogP contribution is -2.35. The molecule has 1 aliphatic heterocycles. The third-order valence-electron chi connectivity index (χ3n) is 3.73. The van der Waals surface area contributed by atoms with Crippen LogP contribution in [0.15, 0.2) is 42.6 Å². The second-order valence-electron chi connectivity index (χ2n) is 5.59. The van der Waals surface area contributed by atoms with Crippen molar-refractivity contribution in [1.29, 1.82) is 0 Å². The van der Waals surface area contributed by atoms with E-state index in [9.17, 15) is 14.3 Å². The van der Waals surface area contributed by atoms with Crippen molar-refractivity contribution in [2.45, 2.75) is 25.2 Å². The summed E-state index contributed by atoms with van der Waals surface area (Å²) in [6.45, 7) is 0.542. The van der Waals surface area contributed by atoms with Crippen LogP contribution >= 0.6 is 0 Å². The molecule has 1 fully saturated rings. The molecule has 0 aliphatic carbocycles. The Hall–Kier alpha value is -2.51. The van der Waals surface area contributed by atoms with Gasteiger partial charge in [0.15, 0.2) is 11.6 Å². The number of hydrogen-bond donors (Lipinski definition) is 3. The minimum atomic E-state index is -0.567. The summed E-state index contributed by atoms with van der Waals surface area (Å²) in [5, 5.41) is 15.0. The lowest BCUT2D eigenvalue weighted by atomic mass is 10.2. The van der Waals surface area contributed by atoms with Crippen molar-refractivity contribution in [2.24, 2.45) is 0 Å². The first-order valence-electron chi connectivity index (χ1n) is 7.66. The number of halogens is 1. The van der Waals surface area contributed by atoms with E-state index < -0.39 is 18.0 Å². The first kappa shape index (κ1) is 16.4. The van der Waals surface area contributed by atoms with Gasteiger partial charge in [0.2, 0.25) is 5.91 Å². The van der Waals surface area contributed by atoms with Gasteiger partial charge in [0.05, 0.1) is 17.8 Å². The molecule has 0 spiro atoms. The molecule has 1 aromatic carbocycles. The van der Waals surface area contributed by atoms with Crippen LogP contribution in [0.25, 0.3) is 0 Å². The van der Waals surface area contributed by atoms with Gasteiger partial charge in [0.25, 0.3) is 0 Å². The van der Waals surface area contributed by atoms with Crippen LogP contribution in [-0.2, 0) is 11.4 Å². The highest BCUT2D eigenvalue weighted by molar-refractivity contribution is 5.95. The van der Waals surface area contributed by atoms with Crippen LogP contribution in [0.3, 0.4) is 0 Å². The first-order valence-corrected chi connectivity index (χ1v) is 7.66. The number of carbonyl (C=O) groups is 1. The summed E-state index contributed by atoms with van der Waals surface area (Å²) in [6.07, 6.45) is 1.46. The summed E-state index contributed by atoms with van der Waals surface area (Å²) < 4.78 is 19.5. The van der Waals surface area contributed by atoms with Crippen LogP contribution in [-0.4, -0.2) is 34.7 Å². The third kappa shape index (κ3) is 4.06. The van der Waals surface area contributed by atoms with Gasteiger partial charge in [-0.2, -0.15) is 0 Å². The van der Waals surface area contributed by atoms with Gasteiger partial charge in [-0.05, 0) is 30.7 Å². The zero-order valence-electron chi connectivity index (χ0n) is 12.9. The maximum Gasteiger partial charge on any atom is 0.241 e. The Balaban J connectivity index is 1.59. The van der Waals surface area contributed by atoms with Crippen molar-refractivity contribution in [3.8, 4) is 5.75 Å². The van der Waals surface area contributed by atoms with Gasteiger partial charge in [-0.25, -0.2) is 4.39 Å². The number of ether oxygens (including phenoxy) is 1. The topological polar surface area (TPSA) is 83.5 Å². The Labute approximate surface area is 138 Å². The Morgan fingerprint density at radius 2 is 2.29 bits per heavy atom. The van der Waals surface area contributed by atoms with Crippen LogP contribution in [0, 0.1) is 5.82 Å². The molecular weight excluding hydrogens is 313 g/mol. The number of aliphatic hydroxyl groups is 1. The molecule has 2 unspecified atom stereocenters. The summed E-state index contributed by atoms with van der Waals surface area (Å²) in [4.78, 5) is 16.1. The SMILES string of the molecule is O=C(Nc1ccc(OCc2ccccn2)c(F)c1)C1CC(O)CN1. The normalized spacial score (nSPS) is 19.9. The summed E-state index contributed by atoms with van der Waals surface area (Å²) in [5.74, 6) is -0.774. The number of pyridine rings is 1. The second kappa shape index (κ2) is 7.37. The van der Waals surface area contributed by atoms with Gasteiger partial charge >= 0.3 is 0 Å². The average molecular weight is 331 g/mol. The molecule has 1 saturated heterocycles.